The molecule has 126 valence electrons. The lowest BCUT2D eigenvalue weighted by Gasteiger charge is -2.17. The van der Waals surface area contributed by atoms with Crippen molar-refractivity contribution in [3.8, 4) is 16.9 Å². The summed E-state index contributed by atoms with van der Waals surface area (Å²) in [5.74, 6) is 0. The molecule has 3 heteroatoms. The summed E-state index contributed by atoms with van der Waals surface area (Å²) in [5.41, 5.74) is 6.44. The zero-order valence-electron chi connectivity index (χ0n) is 14.7. The number of rotatable bonds is 1. The first-order valence-corrected chi connectivity index (χ1v) is 8.75. The van der Waals surface area contributed by atoms with Crippen molar-refractivity contribution in [1.82, 2.24) is 8.97 Å². The minimum absolute atomic E-state index is 0.0402. The van der Waals surface area contributed by atoms with Crippen LogP contribution in [0.1, 0.15) is 11.1 Å². The number of hydrogen-bond donors (Lipinski definition) is 0. The monoisotopic (exact) mass is 338 g/mol. The summed E-state index contributed by atoms with van der Waals surface area (Å²) < 4.78 is 3.97. The number of benzene rings is 2. The maximum atomic E-state index is 13.1. The number of hydrogen-bond acceptors (Lipinski definition) is 1. The van der Waals surface area contributed by atoms with E-state index in [4.69, 9.17) is 0 Å². The molecule has 0 unspecified atom stereocenters. The van der Waals surface area contributed by atoms with Crippen LogP contribution in [0.4, 0.5) is 0 Å². The van der Waals surface area contributed by atoms with Crippen LogP contribution in [0.2, 0.25) is 0 Å². The largest absolute Gasteiger partial charge is 0.313 e. The molecule has 5 rings (SSSR count). The van der Waals surface area contributed by atoms with E-state index in [0.29, 0.717) is 0 Å². The van der Waals surface area contributed by atoms with Gasteiger partial charge in [0.25, 0.3) is 5.56 Å². The van der Waals surface area contributed by atoms with Gasteiger partial charge in [-0.25, -0.2) is 0 Å². The third-order valence-electron chi connectivity index (χ3n) is 5.06. The van der Waals surface area contributed by atoms with Crippen molar-refractivity contribution in [3.63, 3.8) is 0 Å². The van der Waals surface area contributed by atoms with E-state index >= 15 is 0 Å². The normalized spacial score (nSPS) is 11.6. The third-order valence-corrected chi connectivity index (χ3v) is 5.06. The highest BCUT2D eigenvalue weighted by Gasteiger charge is 2.21. The molecule has 2 aliphatic heterocycles. The van der Waals surface area contributed by atoms with Crippen molar-refractivity contribution in [2.75, 3.05) is 0 Å². The maximum Gasteiger partial charge on any atom is 0.263 e. The SMILES string of the molecule is Cc1ccc(-c2c3c4ccc(C)cc4c(=O)n-3cc3ccccn23)cc1. The van der Waals surface area contributed by atoms with E-state index in [1.54, 1.807) is 4.57 Å². The summed E-state index contributed by atoms with van der Waals surface area (Å²) in [7, 11) is 0. The van der Waals surface area contributed by atoms with Gasteiger partial charge in [-0.2, -0.15) is 0 Å². The van der Waals surface area contributed by atoms with Crippen molar-refractivity contribution >= 4 is 16.3 Å². The molecule has 0 aliphatic carbocycles. The van der Waals surface area contributed by atoms with Gasteiger partial charge in [0.1, 0.15) is 0 Å². The maximum absolute atomic E-state index is 13.1. The van der Waals surface area contributed by atoms with Crippen LogP contribution in [-0.4, -0.2) is 8.97 Å². The average Bonchev–Trinajstić information content (AvgIpc) is 2.92. The van der Waals surface area contributed by atoms with Gasteiger partial charge in [0, 0.05) is 28.7 Å². The first-order chi connectivity index (χ1) is 12.6. The molecule has 2 aliphatic rings. The molecule has 3 nitrogen and oxygen atoms in total. The number of pyridine rings is 1. The molecule has 0 atom stereocenters. The Labute approximate surface area is 151 Å². The van der Waals surface area contributed by atoms with E-state index in [1.807, 2.05) is 37.4 Å². The second kappa shape index (κ2) is 5.33. The highest BCUT2D eigenvalue weighted by atomic mass is 16.1. The molecule has 0 saturated heterocycles. The molecule has 3 heterocycles. The van der Waals surface area contributed by atoms with E-state index < -0.39 is 0 Å². The Balaban J connectivity index is 2.05. The van der Waals surface area contributed by atoms with Crippen LogP contribution in [0, 0.1) is 13.8 Å². The average molecular weight is 338 g/mol. The molecule has 1 aromatic heterocycles. The minimum atomic E-state index is 0.0402. The summed E-state index contributed by atoms with van der Waals surface area (Å²) in [5, 5.41) is 1.77. The van der Waals surface area contributed by atoms with Crippen LogP contribution in [0.3, 0.4) is 0 Å². The van der Waals surface area contributed by atoms with E-state index in [-0.39, 0.29) is 5.56 Å². The fourth-order valence-electron chi connectivity index (χ4n) is 3.77. The molecule has 2 aromatic carbocycles. The van der Waals surface area contributed by atoms with Crippen molar-refractivity contribution in [2.45, 2.75) is 13.8 Å². The van der Waals surface area contributed by atoms with Crippen molar-refractivity contribution < 1.29 is 0 Å². The summed E-state index contributed by atoms with van der Waals surface area (Å²) in [6.07, 6.45) is 3.99. The van der Waals surface area contributed by atoms with Crippen LogP contribution < -0.4 is 5.56 Å². The van der Waals surface area contributed by atoms with E-state index in [0.717, 1.165) is 38.8 Å². The van der Waals surface area contributed by atoms with Gasteiger partial charge in [0.2, 0.25) is 0 Å². The molecule has 26 heavy (non-hydrogen) atoms. The zero-order chi connectivity index (χ0) is 17.8. The van der Waals surface area contributed by atoms with Crippen molar-refractivity contribution in [3.05, 3.63) is 94.5 Å². The van der Waals surface area contributed by atoms with Gasteiger partial charge >= 0.3 is 0 Å². The topological polar surface area (TPSA) is 26.4 Å². The van der Waals surface area contributed by atoms with E-state index in [2.05, 4.69) is 53.9 Å². The highest BCUT2D eigenvalue weighted by molar-refractivity contribution is 5.98. The predicted octanol–water partition coefficient (Wildman–Crippen LogP) is 4.97. The Morgan fingerprint density at radius 3 is 2.38 bits per heavy atom. The summed E-state index contributed by atoms with van der Waals surface area (Å²) in [4.78, 5) is 13.1. The van der Waals surface area contributed by atoms with Gasteiger partial charge in [0.05, 0.1) is 16.9 Å². The summed E-state index contributed by atoms with van der Waals surface area (Å²) >= 11 is 0. The van der Waals surface area contributed by atoms with E-state index in [1.165, 1.54) is 5.56 Å². The number of nitrogens with zero attached hydrogens (tertiary/aromatic N) is 2. The van der Waals surface area contributed by atoms with Crippen LogP contribution in [0.25, 0.3) is 33.2 Å². The number of fused-ring (bicyclic) bond motifs is 4. The lowest BCUT2D eigenvalue weighted by Crippen LogP contribution is -2.14. The third kappa shape index (κ3) is 2.04. The Hall–Kier alpha value is -3.33. The van der Waals surface area contributed by atoms with E-state index in [9.17, 15) is 4.79 Å². The van der Waals surface area contributed by atoms with Gasteiger partial charge in [-0.1, -0.05) is 53.6 Å². The second-order valence-electron chi connectivity index (χ2n) is 6.91. The molecule has 0 spiro atoms. The Morgan fingerprint density at radius 2 is 1.58 bits per heavy atom. The first-order valence-electron chi connectivity index (χ1n) is 8.75. The highest BCUT2D eigenvalue weighted by Crippen LogP contribution is 2.34. The number of aryl methyl sites for hydroxylation is 2. The molecule has 3 aromatic rings. The minimum Gasteiger partial charge on any atom is -0.313 e. The lowest BCUT2D eigenvalue weighted by atomic mass is 10.0. The van der Waals surface area contributed by atoms with Gasteiger partial charge < -0.3 is 4.40 Å². The van der Waals surface area contributed by atoms with Crippen molar-refractivity contribution in [2.24, 2.45) is 0 Å². The van der Waals surface area contributed by atoms with Crippen LogP contribution in [0.5, 0.6) is 0 Å². The van der Waals surface area contributed by atoms with Gasteiger partial charge in [-0.15, -0.1) is 0 Å². The van der Waals surface area contributed by atoms with Crippen LogP contribution >= 0.6 is 0 Å². The molecular weight excluding hydrogens is 320 g/mol. The first kappa shape index (κ1) is 15.0. The lowest BCUT2D eigenvalue weighted by molar-refractivity contribution is 0.990. The molecule has 0 N–H and O–H groups in total. The van der Waals surface area contributed by atoms with Crippen molar-refractivity contribution in [1.29, 1.82) is 0 Å². The van der Waals surface area contributed by atoms with Gasteiger partial charge in [-0.05, 0) is 32.0 Å². The second-order valence-corrected chi connectivity index (χ2v) is 6.91. The predicted molar refractivity (Wildman–Crippen MR) is 107 cm³/mol. The molecular formula is C23H18N2O. The molecule has 0 bridgehead atoms. The quantitative estimate of drug-likeness (QED) is 0.424. The molecule has 0 radical (unpaired) electrons. The number of aromatic nitrogens is 2. The Morgan fingerprint density at radius 1 is 0.808 bits per heavy atom. The smallest absolute Gasteiger partial charge is 0.263 e. The fourth-order valence-corrected chi connectivity index (χ4v) is 3.77. The zero-order valence-corrected chi connectivity index (χ0v) is 14.7. The van der Waals surface area contributed by atoms with Gasteiger partial charge in [-0.3, -0.25) is 9.36 Å². The Kier molecular flexibility index (Phi) is 3.07. The molecule has 0 amide bonds. The Bertz CT molecular complexity index is 1310. The molecule has 0 saturated carbocycles. The summed E-state index contributed by atoms with van der Waals surface area (Å²) in [6, 6.07) is 20.7. The van der Waals surface area contributed by atoms with Gasteiger partial charge in [0.15, 0.2) is 0 Å². The van der Waals surface area contributed by atoms with Crippen LogP contribution in [-0.2, 0) is 0 Å². The summed E-state index contributed by atoms with van der Waals surface area (Å²) in [6.45, 7) is 4.11. The molecule has 0 fully saturated rings. The standard InChI is InChI=1S/C23H18N2O/c1-15-6-9-17(10-7-15)21-22-19-11-8-16(2)13-20(19)23(26)25(22)14-18-5-3-4-12-24(18)21/h3-14H,1-2H3. The van der Waals surface area contributed by atoms with Crippen LogP contribution in [0.15, 0.2) is 77.9 Å². The fraction of sp³-hybridized carbons (Fsp3) is 0.0870.